The minimum Gasteiger partial charge on any atom is -0.507 e. The zero-order valence-electron chi connectivity index (χ0n) is 24.4. The summed E-state index contributed by atoms with van der Waals surface area (Å²) in [5.74, 6) is -1.48. The van der Waals surface area contributed by atoms with E-state index in [0.29, 0.717) is 29.0 Å². The number of nitrogens with zero attached hydrogens (tertiary/aromatic N) is 1. The van der Waals surface area contributed by atoms with Gasteiger partial charge in [-0.2, -0.15) is 0 Å². The fourth-order valence-corrected chi connectivity index (χ4v) is 5.24. The lowest BCUT2D eigenvalue weighted by molar-refractivity contribution is -0.140. The lowest BCUT2D eigenvalue weighted by Crippen LogP contribution is -2.29. The first-order valence-electron chi connectivity index (χ1n) is 14.2. The van der Waals surface area contributed by atoms with Gasteiger partial charge in [-0.15, -0.1) is 0 Å². The zero-order chi connectivity index (χ0) is 30.5. The number of aliphatic hydroxyl groups is 1. The Balaban J connectivity index is 1.48. The summed E-state index contributed by atoms with van der Waals surface area (Å²) in [5, 5.41) is 11.6. The molecule has 218 valence electrons. The Morgan fingerprint density at radius 2 is 1.56 bits per heavy atom. The number of benzene rings is 4. The van der Waals surface area contributed by atoms with Gasteiger partial charge in [0.1, 0.15) is 18.1 Å². The molecule has 43 heavy (non-hydrogen) atoms. The number of ether oxygens (including phenoxy) is 2. The van der Waals surface area contributed by atoms with Crippen molar-refractivity contribution < 1.29 is 29.0 Å². The van der Waals surface area contributed by atoms with E-state index < -0.39 is 23.7 Å². The monoisotopic (exact) mass is 575 g/mol. The Bertz CT molecular complexity index is 1690. The summed E-state index contributed by atoms with van der Waals surface area (Å²) in [6, 6.07) is 28.5. The summed E-state index contributed by atoms with van der Waals surface area (Å²) >= 11 is 0. The molecule has 1 saturated heterocycles. The average molecular weight is 576 g/mol. The van der Waals surface area contributed by atoms with Crippen LogP contribution in [0.15, 0.2) is 103 Å². The van der Waals surface area contributed by atoms with Crippen molar-refractivity contribution >= 4 is 23.4 Å². The number of ketones is 1. The molecule has 0 saturated carbocycles. The highest BCUT2D eigenvalue weighted by atomic mass is 16.5. The third-order valence-electron chi connectivity index (χ3n) is 7.40. The number of aliphatic hydroxyl groups excluding tert-OH is 1. The van der Waals surface area contributed by atoms with Crippen LogP contribution in [0.5, 0.6) is 5.75 Å². The van der Waals surface area contributed by atoms with Crippen LogP contribution in [0.25, 0.3) is 5.76 Å². The van der Waals surface area contributed by atoms with Gasteiger partial charge in [0.25, 0.3) is 11.7 Å². The highest BCUT2D eigenvalue weighted by Crippen LogP contribution is 2.41. The number of hydrogen-bond donors (Lipinski definition) is 1. The van der Waals surface area contributed by atoms with E-state index in [-0.39, 0.29) is 24.5 Å². The number of hydrogen-bond acceptors (Lipinski definition) is 6. The first kappa shape index (κ1) is 29.3. The van der Waals surface area contributed by atoms with Crippen molar-refractivity contribution in [2.24, 2.45) is 0 Å². The Morgan fingerprint density at radius 1 is 0.837 bits per heavy atom. The largest absolute Gasteiger partial charge is 0.507 e. The second-order valence-electron chi connectivity index (χ2n) is 10.5. The topological polar surface area (TPSA) is 93.1 Å². The lowest BCUT2D eigenvalue weighted by Gasteiger charge is -2.26. The molecule has 1 amide bonds. The molecule has 0 spiro atoms. The third kappa shape index (κ3) is 6.36. The molecule has 4 aromatic rings. The minimum atomic E-state index is -0.807. The Labute approximate surface area is 251 Å². The molecule has 1 unspecified atom stereocenters. The summed E-state index contributed by atoms with van der Waals surface area (Å²) in [5.41, 5.74) is 5.04. The van der Waals surface area contributed by atoms with Crippen molar-refractivity contribution in [3.05, 3.63) is 142 Å². The van der Waals surface area contributed by atoms with Crippen LogP contribution in [-0.4, -0.2) is 34.3 Å². The fraction of sp³-hybridized carbons (Fsp3) is 0.194. The molecule has 7 nitrogen and oxygen atoms in total. The fourth-order valence-electron chi connectivity index (χ4n) is 5.24. The number of carbonyl (C=O) groups is 3. The molecule has 1 fully saturated rings. The molecule has 0 bridgehead atoms. The number of esters is 1. The molecule has 1 aliphatic heterocycles. The summed E-state index contributed by atoms with van der Waals surface area (Å²) in [4.78, 5) is 40.5. The van der Waals surface area contributed by atoms with Crippen molar-refractivity contribution in [2.75, 3.05) is 6.61 Å². The lowest BCUT2D eigenvalue weighted by atomic mass is 9.94. The molecule has 0 aliphatic carbocycles. The first-order valence-corrected chi connectivity index (χ1v) is 14.2. The highest BCUT2D eigenvalue weighted by molar-refractivity contribution is 6.46. The molecule has 0 aromatic heterocycles. The third-order valence-corrected chi connectivity index (χ3v) is 7.40. The maximum Gasteiger partial charge on any atom is 0.338 e. The number of aryl methyl sites for hydroxylation is 2. The SMILES string of the molecule is CCOC(=O)c1ccc(CN2C(=O)C(=O)/C(=C(\O)c3ccc(OCc4ccccc4)c(C)c3)C2c2cccc(C)c2)cc1. The van der Waals surface area contributed by atoms with Crippen LogP contribution >= 0.6 is 0 Å². The van der Waals surface area contributed by atoms with Crippen molar-refractivity contribution in [1.29, 1.82) is 0 Å². The van der Waals surface area contributed by atoms with Crippen LogP contribution in [0.3, 0.4) is 0 Å². The van der Waals surface area contributed by atoms with E-state index in [2.05, 4.69) is 0 Å². The van der Waals surface area contributed by atoms with Gasteiger partial charge in [-0.1, -0.05) is 72.3 Å². The summed E-state index contributed by atoms with van der Waals surface area (Å²) in [7, 11) is 0. The smallest absolute Gasteiger partial charge is 0.338 e. The van der Waals surface area contributed by atoms with Crippen LogP contribution in [-0.2, 0) is 27.5 Å². The van der Waals surface area contributed by atoms with Gasteiger partial charge in [0.15, 0.2) is 0 Å². The van der Waals surface area contributed by atoms with Crippen molar-refractivity contribution in [1.82, 2.24) is 4.90 Å². The van der Waals surface area contributed by atoms with Gasteiger partial charge in [-0.05, 0) is 73.4 Å². The van der Waals surface area contributed by atoms with E-state index >= 15 is 0 Å². The summed E-state index contributed by atoms with van der Waals surface area (Å²) < 4.78 is 11.0. The second-order valence-corrected chi connectivity index (χ2v) is 10.5. The van der Waals surface area contributed by atoms with Gasteiger partial charge in [0.2, 0.25) is 0 Å². The first-order chi connectivity index (χ1) is 20.8. The Morgan fingerprint density at radius 3 is 2.23 bits per heavy atom. The van der Waals surface area contributed by atoms with Crippen LogP contribution in [0, 0.1) is 13.8 Å². The number of likely N-dealkylation sites (tertiary alicyclic amines) is 1. The molecular formula is C36H33NO6. The van der Waals surface area contributed by atoms with Crippen molar-refractivity contribution in [2.45, 2.75) is 40.0 Å². The molecule has 4 aromatic carbocycles. The number of amides is 1. The molecule has 7 heteroatoms. The predicted octanol–water partition coefficient (Wildman–Crippen LogP) is 6.68. The van der Waals surface area contributed by atoms with Crippen molar-refractivity contribution in [3.8, 4) is 5.75 Å². The van der Waals surface area contributed by atoms with Gasteiger partial charge in [-0.25, -0.2) is 4.79 Å². The Kier molecular flexibility index (Phi) is 8.71. The quantitative estimate of drug-likeness (QED) is 0.104. The zero-order valence-corrected chi connectivity index (χ0v) is 24.4. The molecular weight excluding hydrogens is 542 g/mol. The second kappa shape index (κ2) is 12.8. The van der Waals surface area contributed by atoms with E-state index in [4.69, 9.17) is 9.47 Å². The predicted molar refractivity (Wildman–Crippen MR) is 163 cm³/mol. The number of carbonyl (C=O) groups excluding carboxylic acids is 3. The maximum atomic E-state index is 13.5. The van der Waals surface area contributed by atoms with Crippen LogP contribution in [0.1, 0.15) is 56.7 Å². The molecule has 1 N–H and O–H groups in total. The highest BCUT2D eigenvalue weighted by Gasteiger charge is 2.46. The van der Waals surface area contributed by atoms with E-state index in [1.54, 1.807) is 49.4 Å². The molecule has 0 radical (unpaired) electrons. The van der Waals surface area contributed by atoms with Crippen LogP contribution < -0.4 is 4.74 Å². The van der Waals surface area contributed by atoms with Gasteiger partial charge in [0.05, 0.1) is 23.8 Å². The van der Waals surface area contributed by atoms with Crippen LogP contribution in [0.4, 0.5) is 0 Å². The normalized spacial score (nSPS) is 15.9. The Hall–Kier alpha value is -5.17. The van der Waals surface area contributed by atoms with Gasteiger partial charge >= 0.3 is 5.97 Å². The molecule has 1 atom stereocenters. The van der Waals surface area contributed by atoms with E-state index in [1.807, 2.05) is 68.4 Å². The minimum absolute atomic E-state index is 0.0242. The van der Waals surface area contributed by atoms with Gasteiger partial charge in [-0.3, -0.25) is 9.59 Å². The number of Topliss-reactive ketones (excluding diaryl/α,β-unsaturated/α-hetero) is 1. The van der Waals surface area contributed by atoms with E-state index in [0.717, 1.165) is 22.3 Å². The summed E-state index contributed by atoms with van der Waals surface area (Å²) in [6.45, 7) is 6.31. The van der Waals surface area contributed by atoms with Crippen LogP contribution in [0.2, 0.25) is 0 Å². The summed E-state index contributed by atoms with van der Waals surface area (Å²) in [6.07, 6.45) is 0. The van der Waals surface area contributed by atoms with Crippen molar-refractivity contribution in [3.63, 3.8) is 0 Å². The van der Waals surface area contributed by atoms with Gasteiger partial charge < -0.3 is 19.5 Å². The molecule has 1 heterocycles. The average Bonchev–Trinajstić information content (AvgIpc) is 3.26. The number of rotatable bonds is 9. The van der Waals surface area contributed by atoms with E-state index in [9.17, 15) is 19.5 Å². The molecule has 5 rings (SSSR count). The maximum absolute atomic E-state index is 13.5. The standard InChI is InChI=1S/C36H33NO6/c1-4-42-36(41)27-15-13-25(14-16-27)21-37-32(28-12-8-9-23(2)19-28)31(34(39)35(37)40)33(38)29-17-18-30(24(3)20-29)43-22-26-10-6-5-7-11-26/h5-20,32,38H,4,21-22H2,1-3H3/b33-31-. The van der Waals surface area contributed by atoms with Gasteiger partial charge in [0, 0.05) is 12.1 Å². The van der Waals surface area contributed by atoms with E-state index in [1.165, 1.54) is 4.90 Å². The molecule has 1 aliphatic rings.